The molecule has 180 valence electrons. The lowest BCUT2D eigenvalue weighted by atomic mass is 10.1. The van der Waals surface area contributed by atoms with Crippen molar-refractivity contribution in [3.63, 3.8) is 0 Å². The lowest BCUT2D eigenvalue weighted by Gasteiger charge is -2.14. The van der Waals surface area contributed by atoms with Crippen molar-refractivity contribution in [1.29, 1.82) is 0 Å². The van der Waals surface area contributed by atoms with Gasteiger partial charge in [0, 0.05) is 15.4 Å². The normalized spacial score (nSPS) is 12.4. The van der Waals surface area contributed by atoms with Crippen molar-refractivity contribution in [3.05, 3.63) is 101 Å². The molecule has 0 aliphatic rings. The molecule has 0 saturated heterocycles. The summed E-state index contributed by atoms with van der Waals surface area (Å²) in [6.45, 7) is 4.34. The first-order chi connectivity index (χ1) is 16.8. The Morgan fingerprint density at radius 1 is 1.09 bits per heavy atom. The second-order valence-electron chi connectivity index (χ2n) is 8.03. The van der Waals surface area contributed by atoms with Gasteiger partial charge in [-0.05, 0) is 60.0 Å². The van der Waals surface area contributed by atoms with Crippen LogP contribution in [0.15, 0.2) is 69.0 Å². The number of nitrogens with zero attached hydrogens (tertiary/aromatic N) is 3. The quantitative estimate of drug-likeness (QED) is 0.204. The largest absolute Gasteiger partial charge is 0.486 e. The van der Waals surface area contributed by atoms with Gasteiger partial charge in [-0.15, -0.1) is 0 Å². The molecular weight excluding hydrogens is 573 g/mol. The van der Waals surface area contributed by atoms with Crippen LogP contribution in [0.4, 0.5) is 0 Å². The summed E-state index contributed by atoms with van der Waals surface area (Å²) in [6, 6.07) is 16.1. The highest BCUT2D eigenvalue weighted by molar-refractivity contribution is 9.10. The summed E-state index contributed by atoms with van der Waals surface area (Å²) < 4.78 is 7.97. The van der Waals surface area contributed by atoms with Gasteiger partial charge in [-0.2, -0.15) is 9.78 Å². The van der Waals surface area contributed by atoms with E-state index >= 15 is 0 Å². The Labute approximate surface area is 226 Å². The molecule has 1 heterocycles. The van der Waals surface area contributed by atoms with Gasteiger partial charge in [0.25, 0.3) is 5.56 Å². The zero-order chi connectivity index (χ0) is 25.1. The first-order valence-electron chi connectivity index (χ1n) is 10.9. The van der Waals surface area contributed by atoms with Crippen LogP contribution in [0.3, 0.4) is 0 Å². The van der Waals surface area contributed by atoms with Crippen molar-refractivity contribution < 1.29 is 4.74 Å². The SMILES string of the molecule is CC[C@H](C)c1nc2ccc(Br)cc2c(=O)n1N=Cc1cc(Cl)c(OCc2ccc(Cl)cc2)c(Cl)c1. The van der Waals surface area contributed by atoms with Crippen molar-refractivity contribution in [2.45, 2.75) is 32.8 Å². The van der Waals surface area contributed by atoms with Crippen molar-refractivity contribution in [3.8, 4) is 5.75 Å². The molecule has 9 heteroatoms. The molecule has 35 heavy (non-hydrogen) atoms. The molecule has 3 aromatic carbocycles. The topological polar surface area (TPSA) is 56.5 Å². The van der Waals surface area contributed by atoms with Gasteiger partial charge in [-0.25, -0.2) is 4.98 Å². The Hall–Kier alpha value is -2.38. The second kappa shape index (κ2) is 11.1. The number of hydrogen-bond acceptors (Lipinski definition) is 4. The number of hydrogen-bond donors (Lipinski definition) is 0. The minimum atomic E-state index is -0.247. The van der Waals surface area contributed by atoms with Crippen LogP contribution in [0.2, 0.25) is 15.1 Å². The molecule has 1 atom stereocenters. The fourth-order valence-corrected chi connectivity index (χ4v) is 4.53. The minimum absolute atomic E-state index is 0.0312. The number of benzene rings is 3. The highest BCUT2D eigenvalue weighted by Crippen LogP contribution is 2.34. The van der Waals surface area contributed by atoms with Crippen molar-refractivity contribution in [2.75, 3.05) is 0 Å². The Morgan fingerprint density at radius 2 is 1.77 bits per heavy atom. The van der Waals surface area contributed by atoms with Crippen molar-refractivity contribution >= 4 is 67.9 Å². The van der Waals surface area contributed by atoms with Crippen LogP contribution in [-0.2, 0) is 6.61 Å². The molecule has 0 saturated carbocycles. The average molecular weight is 594 g/mol. The monoisotopic (exact) mass is 591 g/mol. The van der Waals surface area contributed by atoms with Gasteiger partial charge in [0.1, 0.15) is 12.4 Å². The van der Waals surface area contributed by atoms with E-state index in [1.54, 1.807) is 36.5 Å². The van der Waals surface area contributed by atoms with E-state index in [4.69, 9.17) is 44.5 Å². The van der Waals surface area contributed by atoms with Gasteiger partial charge in [0.2, 0.25) is 0 Å². The molecule has 0 amide bonds. The van der Waals surface area contributed by atoms with Crippen molar-refractivity contribution in [1.82, 2.24) is 9.66 Å². The molecule has 1 aromatic heterocycles. The van der Waals surface area contributed by atoms with Gasteiger partial charge in [0.15, 0.2) is 5.75 Å². The predicted molar refractivity (Wildman–Crippen MR) is 148 cm³/mol. The van der Waals surface area contributed by atoms with E-state index in [0.717, 1.165) is 16.5 Å². The summed E-state index contributed by atoms with van der Waals surface area (Å²) in [5.74, 6) is 0.988. The Morgan fingerprint density at radius 3 is 2.43 bits per heavy atom. The van der Waals surface area contributed by atoms with Crippen LogP contribution < -0.4 is 10.3 Å². The molecule has 0 bridgehead atoms. The highest BCUT2D eigenvalue weighted by atomic mass is 79.9. The van der Waals surface area contributed by atoms with Crippen LogP contribution in [0.1, 0.15) is 43.1 Å². The smallest absolute Gasteiger partial charge is 0.282 e. The molecule has 5 nitrogen and oxygen atoms in total. The zero-order valence-corrected chi connectivity index (χ0v) is 22.8. The molecule has 0 spiro atoms. The molecule has 0 fully saturated rings. The van der Waals surface area contributed by atoms with E-state index in [9.17, 15) is 4.79 Å². The Kier molecular flexibility index (Phi) is 8.17. The zero-order valence-electron chi connectivity index (χ0n) is 18.9. The third-order valence-electron chi connectivity index (χ3n) is 5.53. The first-order valence-corrected chi connectivity index (χ1v) is 12.8. The third-order valence-corrected chi connectivity index (χ3v) is 6.83. The van der Waals surface area contributed by atoms with E-state index in [1.807, 2.05) is 38.1 Å². The fourth-order valence-electron chi connectivity index (χ4n) is 3.43. The summed E-state index contributed by atoms with van der Waals surface area (Å²) in [6.07, 6.45) is 2.35. The maximum absolute atomic E-state index is 13.3. The minimum Gasteiger partial charge on any atom is -0.486 e. The van der Waals surface area contributed by atoms with Crippen LogP contribution >= 0.6 is 50.7 Å². The first kappa shape index (κ1) is 25.7. The van der Waals surface area contributed by atoms with Gasteiger partial charge in [-0.1, -0.05) is 76.7 Å². The van der Waals surface area contributed by atoms with Gasteiger partial charge >= 0.3 is 0 Å². The van der Waals surface area contributed by atoms with Crippen LogP contribution in [-0.4, -0.2) is 15.9 Å². The number of fused-ring (bicyclic) bond motifs is 1. The summed E-state index contributed by atoms with van der Waals surface area (Å²) in [7, 11) is 0. The van der Waals surface area contributed by atoms with Crippen LogP contribution in [0.5, 0.6) is 5.75 Å². The molecule has 4 rings (SSSR count). The third kappa shape index (κ3) is 5.89. The van der Waals surface area contributed by atoms with Crippen molar-refractivity contribution in [2.24, 2.45) is 5.10 Å². The molecule has 4 aromatic rings. The van der Waals surface area contributed by atoms with Gasteiger partial charge in [-0.3, -0.25) is 4.79 Å². The fraction of sp³-hybridized carbons (Fsp3) is 0.192. The predicted octanol–water partition coefficient (Wildman–Crippen LogP) is 8.09. The summed E-state index contributed by atoms with van der Waals surface area (Å²) in [5.41, 5.74) is 1.94. The number of halogens is 4. The van der Waals surface area contributed by atoms with E-state index in [0.29, 0.717) is 43.1 Å². The summed E-state index contributed by atoms with van der Waals surface area (Å²) in [4.78, 5) is 18.0. The molecule has 0 radical (unpaired) electrons. The maximum atomic E-state index is 13.3. The molecule has 0 N–H and O–H groups in total. The summed E-state index contributed by atoms with van der Waals surface area (Å²) >= 11 is 22.3. The highest BCUT2D eigenvalue weighted by Gasteiger charge is 2.16. The van der Waals surface area contributed by atoms with Crippen LogP contribution in [0.25, 0.3) is 10.9 Å². The lowest BCUT2D eigenvalue weighted by Crippen LogP contribution is -2.23. The van der Waals surface area contributed by atoms with E-state index in [1.165, 1.54) is 4.68 Å². The lowest BCUT2D eigenvalue weighted by molar-refractivity contribution is 0.306. The standard InChI is InChI=1S/C26H21BrCl3N3O2/c1-3-15(2)25-32-23-9-6-18(27)12-20(23)26(34)33(25)31-13-17-10-21(29)24(22(30)11-17)35-14-16-4-7-19(28)8-5-16/h4-13,15H,3,14H2,1-2H3/t15-/m0/s1. The van der Waals surface area contributed by atoms with Gasteiger partial charge in [0.05, 0.1) is 27.2 Å². The number of aromatic nitrogens is 2. The Bertz CT molecular complexity index is 1450. The second-order valence-corrected chi connectivity index (χ2v) is 10.2. The van der Waals surface area contributed by atoms with Gasteiger partial charge < -0.3 is 4.74 Å². The molecule has 0 unspecified atom stereocenters. The number of rotatable bonds is 7. The Balaban J connectivity index is 1.66. The molecule has 0 aliphatic carbocycles. The van der Waals surface area contributed by atoms with E-state index in [2.05, 4.69) is 21.0 Å². The van der Waals surface area contributed by atoms with E-state index in [-0.39, 0.29) is 18.1 Å². The number of ether oxygens (including phenoxy) is 1. The molecular formula is C26H21BrCl3N3O2. The summed E-state index contributed by atoms with van der Waals surface area (Å²) in [5, 5.41) is 6.27. The molecule has 0 aliphatic heterocycles. The maximum Gasteiger partial charge on any atom is 0.282 e. The van der Waals surface area contributed by atoms with E-state index < -0.39 is 0 Å². The van der Waals surface area contributed by atoms with Crippen LogP contribution in [0, 0.1) is 0 Å². The average Bonchev–Trinajstić information content (AvgIpc) is 2.83.